The van der Waals surface area contributed by atoms with Crippen LogP contribution in [0.3, 0.4) is 0 Å². The molecule has 2 N–H and O–H groups in total. The number of aromatic nitrogens is 4. The molecule has 1 unspecified atom stereocenters. The third kappa shape index (κ3) is 5.78. The van der Waals surface area contributed by atoms with E-state index in [0.29, 0.717) is 34.5 Å². The molecule has 9 nitrogen and oxygen atoms in total. The predicted octanol–water partition coefficient (Wildman–Crippen LogP) is 5.00. The minimum Gasteiger partial charge on any atom is -0.392 e. The Bertz CT molecular complexity index is 1600. The summed E-state index contributed by atoms with van der Waals surface area (Å²) in [5, 5.41) is 16.3. The highest BCUT2D eigenvalue weighted by Gasteiger charge is 2.35. The Morgan fingerprint density at radius 2 is 1.98 bits per heavy atom. The van der Waals surface area contributed by atoms with Gasteiger partial charge in [0.25, 0.3) is 5.91 Å². The number of amides is 1. The van der Waals surface area contributed by atoms with E-state index in [1.165, 1.54) is 38.6 Å². The lowest BCUT2D eigenvalue weighted by molar-refractivity contribution is -0.141. The summed E-state index contributed by atoms with van der Waals surface area (Å²) in [4.78, 5) is 19.4. The van der Waals surface area contributed by atoms with Gasteiger partial charge in [0, 0.05) is 56.8 Å². The fourth-order valence-electron chi connectivity index (χ4n) is 4.82. The maximum absolute atomic E-state index is 14.0. The summed E-state index contributed by atoms with van der Waals surface area (Å²) < 4.78 is 61.4. The molecule has 0 fully saturated rings. The lowest BCUT2D eigenvalue weighted by Crippen LogP contribution is -2.49. The van der Waals surface area contributed by atoms with Gasteiger partial charge in [0.05, 0.1) is 24.3 Å². The number of aliphatic hydroxyl groups is 1. The molecule has 0 saturated carbocycles. The minimum atomic E-state index is -4.60. The number of hydrogen-bond acceptors (Lipinski definition) is 6. The molecule has 4 aromatic rings. The van der Waals surface area contributed by atoms with E-state index in [1.807, 2.05) is 0 Å². The number of hydrogen-bond donors (Lipinski definition) is 2. The Labute approximate surface area is 236 Å². The number of ether oxygens (including phenoxy) is 1. The van der Waals surface area contributed by atoms with Crippen LogP contribution >= 0.6 is 11.6 Å². The van der Waals surface area contributed by atoms with Crippen LogP contribution in [0.25, 0.3) is 11.1 Å². The third-order valence-electron chi connectivity index (χ3n) is 6.86. The van der Waals surface area contributed by atoms with E-state index in [2.05, 4.69) is 15.4 Å². The van der Waals surface area contributed by atoms with Crippen molar-refractivity contribution in [3.63, 3.8) is 0 Å². The normalized spacial score (nSPS) is 15.4. The van der Waals surface area contributed by atoms with Gasteiger partial charge in [-0.25, -0.2) is 9.37 Å². The van der Waals surface area contributed by atoms with Crippen molar-refractivity contribution in [1.82, 2.24) is 24.2 Å². The molecule has 1 aliphatic rings. The topological polar surface area (TPSA) is 97.4 Å². The van der Waals surface area contributed by atoms with E-state index in [9.17, 15) is 27.5 Å². The zero-order chi connectivity index (χ0) is 29.5. The molecule has 5 rings (SSSR count). The quantitative estimate of drug-likeness (QED) is 0.280. The largest absolute Gasteiger partial charge is 0.435 e. The van der Waals surface area contributed by atoms with Gasteiger partial charge in [0.2, 0.25) is 0 Å². The molecule has 0 aliphatic carbocycles. The first kappa shape index (κ1) is 28.6. The van der Waals surface area contributed by atoms with Crippen molar-refractivity contribution in [1.29, 1.82) is 0 Å². The van der Waals surface area contributed by atoms with Crippen molar-refractivity contribution < 1.29 is 32.2 Å². The average molecular weight is 593 g/mol. The van der Waals surface area contributed by atoms with Crippen LogP contribution in [0.15, 0.2) is 48.8 Å². The molecule has 0 radical (unpaired) electrons. The van der Waals surface area contributed by atoms with Crippen LogP contribution < -0.4 is 5.32 Å². The number of halogens is 5. The SMILES string of the molecule is COCC1Cn2cc(-c3cc(Nc4cc(C(F)(F)F)nn4C)ncc3Cl)cc2C(=O)N1Cc1cc(F)ccc1CO. The van der Waals surface area contributed by atoms with Gasteiger partial charge in [-0.1, -0.05) is 17.7 Å². The fourth-order valence-corrected chi connectivity index (χ4v) is 5.04. The first-order valence-electron chi connectivity index (χ1n) is 12.4. The Kier molecular flexibility index (Phi) is 7.77. The molecule has 0 bridgehead atoms. The zero-order valence-electron chi connectivity index (χ0n) is 21.9. The number of rotatable bonds is 8. The summed E-state index contributed by atoms with van der Waals surface area (Å²) in [6.07, 6.45) is -1.48. The smallest absolute Gasteiger partial charge is 0.392 e. The molecule has 216 valence electrons. The van der Waals surface area contributed by atoms with Gasteiger partial charge in [0.15, 0.2) is 5.69 Å². The van der Waals surface area contributed by atoms with Crippen molar-refractivity contribution in [3.8, 4) is 11.1 Å². The summed E-state index contributed by atoms with van der Waals surface area (Å²) in [6, 6.07) is 7.75. The lowest BCUT2D eigenvalue weighted by Gasteiger charge is -2.36. The number of pyridine rings is 1. The molecule has 3 aromatic heterocycles. The molecule has 1 aromatic carbocycles. The van der Waals surface area contributed by atoms with Gasteiger partial charge in [-0.05, 0) is 35.4 Å². The summed E-state index contributed by atoms with van der Waals surface area (Å²) in [7, 11) is 2.89. The Hall–Kier alpha value is -3.94. The first-order chi connectivity index (χ1) is 19.5. The molecule has 1 amide bonds. The fraction of sp³-hybridized carbons (Fsp3) is 0.296. The van der Waals surface area contributed by atoms with Crippen LogP contribution in [0, 0.1) is 5.82 Å². The second-order valence-electron chi connectivity index (χ2n) is 9.59. The maximum Gasteiger partial charge on any atom is 0.435 e. The molecule has 41 heavy (non-hydrogen) atoms. The zero-order valence-corrected chi connectivity index (χ0v) is 22.7. The number of benzene rings is 1. The summed E-state index contributed by atoms with van der Waals surface area (Å²) in [6.45, 7) is 0.356. The lowest BCUT2D eigenvalue weighted by atomic mass is 10.0. The number of alkyl halides is 3. The van der Waals surface area contributed by atoms with Crippen molar-refractivity contribution in [2.45, 2.75) is 31.9 Å². The number of aliphatic hydroxyl groups excluding tert-OH is 1. The van der Waals surface area contributed by atoms with E-state index in [4.69, 9.17) is 16.3 Å². The summed E-state index contributed by atoms with van der Waals surface area (Å²) in [5.74, 6) is -0.510. The number of aryl methyl sites for hydroxylation is 1. The highest BCUT2D eigenvalue weighted by atomic mass is 35.5. The molecule has 0 spiro atoms. The second kappa shape index (κ2) is 11.1. The Morgan fingerprint density at radius 1 is 1.20 bits per heavy atom. The first-order valence-corrected chi connectivity index (χ1v) is 12.8. The Balaban J connectivity index is 1.46. The van der Waals surface area contributed by atoms with Gasteiger partial charge >= 0.3 is 6.18 Å². The molecular formula is C27H25ClF4N6O3. The van der Waals surface area contributed by atoms with E-state index >= 15 is 0 Å². The monoisotopic (exact) mass is 592 g/mol. The van der Waals surface area contributed by atoms with Crippen LogP contribution in [0.1, 0.15) is 27.3 Å². The van der Waals surface area contributed by atoms with Crippen molar-refractivity contribution in [3.05, 3.63) is 82.1 Å². The number of nitrogens with one attached hydrogen (secondary N) is 1. The van der Waals surface area contributed by atoms with E-state index in [0.717, 1.165) is 10.7 Å². The average Bonchev–Trinajstić information content (AvgIpc) is 3.51. The number of carbonyl (C=O) groups excluding carboxylic acids is 1. The van der Waals surface area contributed by atoms with Crippen molar-refractivity contribution in [2.75, 3.05) is 19.0 Å². The third-order valence-corrected chi connectivity index (χ3v) is 7.16. The van der Waals surface area contributed by atoms with E-state index in [1.54, 1.807) is 27.8 Å². The molecular weight excluding hydrogens is 568 g/mol. The standard InChI is InChI=1S/C27H25ClF4N6O3/c1-36-25(8-23(35-36)27(30,31)32)34-24-7-20(21(28)9-33-24)17-6-22-26(40)38(19(14-41-2)12-37(22)10-17)11-16-5-18(29)4-3-15(16)13-39/h3-10,19,39H,11-14H2,1-2H3,(H,33,34). The summed E-state index contributed by atoms with van der Waals surface area (Å²) >= 11 is 6.45. The molecule has 4 heterocycles. The number of methoxy groups -OCH3 is 1. The van der Waals surface area contributed by atoms with Crippen LogP contribution in [0.5, 0.6) is 0 Å². The van der Waals surface area contributed by atoms with Gasteiger partial charge in [-0.15, -0.1) is 0 Å². The van der Waals surface area contributed by atoms with Gasteiger partial charge < -0.3 is 24.6 Å². The van der Waals surface area contributed by atoms with Crippen molar-refractivity contribution in [2.24, 2.45) is 7.05 Å². The molecule has 1 atom stereocenters. The predicted molar refractivity (Wildman–Crippen MR) is 142 cm³/mol. The molecule has 1 aliphatic heterocycles. The summed E-state index contributed by atoms with van der Waals surface area (Å²) in [5.41, 5.74) is 1.40. The van der Waals surface area contributed by atoms with Crippen LogP contribution in [0.2, 0.25) is 5.02 Å². The second-order valence-corrected chi connectivity index (χ2v) is 10.00. The van der Waals surface area contributed by atoms with E-state index in [-0.39, 0.29) is 48.4 Å². The number of fused-ring (bicyclic) bond motifs is 1. The van der Waals surface area contributed by atoms with Gasteiger partial charge in [-0.2, -0.15) is 18.3 Å². The number of anilines is 2. The van der Waals surface area contributed by atoms with Gasteiger partial charge in [0.1, 0.15) is 23.1 Å². The highest BCUT2D eigenvalue weighted by Crippen LogP contribution is 2.35. The van der Waals surface area contributed by atoms with Crippen molar-refractivity contribution >= 4 is 29.1 Å². The number of nitrogens with zero attached hydrogens (tertiary/aromatic N) is 5. The maximum atomic E-state index is 14.0. The molecule has 0 saturated heterocycles. The van der Waals surface area contributed by atoms with E-state index < -0.39 is 17.7 Å². The Morgan fingerprint density at radius 3 is 2.66 bits per heavy atom. The van der Waals surface area contributed by atoms with Crippen LogP contribution in [-0.4, -0.2) is 55.0 Å². The number of carbonyl (C=O) groups is 1. The highest BCUT2D eigenvalue weighted by molar-refractivity contribution is 6.33. The van der Waals surface area contributed by atoms with Gasteiger partial charge in [-0.3, -0.25) is 9.48 Å². The molecule has 14 heteroatoms. The van der Waals surface area contributed by atoms with Crippen LogP contribution in [0.4, 0.5) is 29.2 Å². The van der Waals surface area contributed by atoms with Crippen LogP contribution in [-0.2, 0) is 37.7 Å². The minimum absolute atomic E-state index is 0.0652.